The summed E-state index contributed by atoms with van der Waals surface area (Å²) in [6, 6.07) is 2.10. The number of carbonyl (C=O) groups is 1. The molecular weight excluding hydrogens is 240 g/mol. The SMILES string of the molecule is CCCNc1ccncc1C(=O)NC1CCN(C)C1. The van der Waals surface area contributed by atoms with E-state index in [1.54, 1.807) is 12.4 Å². The summed E-state index contributed by atoms with van der Waals surface area (Å²) in [6.45, 7) is 4.92. The summed E-state index contributed by atoms with van der Waals surface area (Å²) >= 11 is 0. The summed E-state index contributed by atoms with van der Waals surface area (Å²) in [5, 5.41) is 6.35. The van der Waals surface area contributed by atoms with Crippen LogP contribution in [0.5, 0.6) is 0 Å². The number of amides is 1. The Hall–Kier alpha value is -1.62. The molecule has 0 spiro atoms. The highest BCUT2D eigenvalue weighted by Crippen LogP contribution is 2.15. The van der Waals surface area contributed by atoms with Gasteiger partial charge < -0.3 is 15.5 Å². The Bertz CT molecular complexity index is 435. The van der Waals surface area contributed by atoms with E-state index >= 15 is 0 Å². The topological polar surface area (TPSA) is 57.3 Å². The fourth-order valence-corrected chi connectivity index (χ4v) is 2.31. The van der Waals surface area contributed by atoms with Crippen molar-refractivity contribution in [3.63, 3.8) is 0 Å². The van der Waals surface area contributed by atoms with Crippen LogP contribution in [-0.4, -0.2) is 48.5 Å². The van der Waals surface area contributed by atoms with Gasteiger partial charge in [-0.2, -0.15) is 0 Å². The molecule has 2 rings (SSSR count). The van der Waals surface area contributed by atoms with Gasteiger partial charge in [0.05, 0.1) is 11.3 Å². The summed E-state index contributed by atoms with van der Waals surface area (Å²) in [6.07, 6.45) is 5.38. The monoisotopic (exact) mass is 262 g/mol. The van der Waals surface area contributed by atoms with E-state index in [-0.39, 0.29) is 11.9 Å². The van der Waals surface area contributed by atoms with E-state index in [2.05, 4.69) is 34.5 Å². The third kappa shape index (κ3) is 3.67. The third-order valence-corrected chi connectivity index (χ3v) is 3.36. The molecule has 5 nitrogen and oxygen atoms in total. The first-order valence-electron chi connectivity index (χ1n) is 6.88. The highest BCUT2D eigenvalue weighted by atomic mass is 16.1. The Morgan fingerprint density at radius 2 is 2.42 bits per heavy atom. The van der Waals surface area contributed by atoms with Crippen molar-refractivity contribution in [3.05, 3.63) is 24.0 Å². The van der Waals surface area contributed by atoms with Crippen LogP contribution in [0.4, 0.5) is 5.69 Å². The quantitative estimate of drug-likeness (QED) is 0.840. The van der Waals surface area contributed by atoms with Gasteiger partial charge in [0.25, 0.3) is 5.91 Å². The molecular formula is C14H22N4O. The number of likely N-dealkylation sites (N-methyl/N-ethyl adjacent to an activating group) is 1. The van der Waals surface area contributed by atoms with Gasteiger partial charge in [0.2, 0.25) is 0 Å². The first kappa shape index (κ1) is 13.8. The first-order chi connectivity index (χ1) is 9.20. The number of anilines is 1. The van der Waals surface area contributed by atoms with E-state index in [0.29, 0.717) is 5.56 Å². The lowest BCUT2D eigenvalue weighted by Gasteiger charge is -2.15. The van der Waals surface area contributed by atoms with Gasteiger partial charge in [-0.3, -0.25) is 9.78 Å². The molecule has 1 aliphatic heterocycles. The van der Waals surface area contributed by atoms with E-state index in [1.165, 1.54) is 0 Å². The van der Waals surface area contributed by atoms with Crippen LogP contribution in [0, 0.1) is 0 Å². The van der Waals surface area contributed by atoms with Crippen molar-refractivity contribution in [1.82, 2.24) is 15.2 Å². The average Bonchev–Trinajstić information content (AvgIpc) is 2.82. The standard InChI is InChI=1S/C14H22N4O/c1-3-6-16-13-4-7-15-9-12(13)14(19)17-11-5-8-18(2)10-11/h4,7,9,11H,3,5-6,8,10H2,1-2H3,(H,15,16)(H,17,19). The molecule has 0 saturated carbocycles. The van der Waals surface area contributed by atoms with Crippen molar-refractivity contribution in [2.24, 2.45) is 0 Å². The van der Waals surface area contributed by atoms with Crippen molar-refractivity contribution in [2.75, 3.05) is 32.0 Å². The number of pyridine rings is 1. The molecule has 1 aromatic rings. The molecule has 19 heavy (non-hydrogen) atoms. The van der Waals surface area contributed by atoms with Crippen LogP contribution in [0.1, 0.15) is 30.1 Å². The summed E-state index contributed by atoms with van der Waals surface area (Å²) < 4.78 is 0. The van der Waals surface area contributed by atoms with Crippen LogP contribution in [0.2, 0.25) is 0 Å². The maximum atomic E-state index is 12.3. The second-order valence-electron chi connectivity index (χ2n) is 5.07. The van der Waals surface area contributed by atoms with Crippen LogP contribution < -0.4 is 10.6 Å². The molecule has 0 aromatic carbocycles. The van der Waals surface area contributed by atoms with Crippen molar-refractivity contribution < 1.29 is 4.79 Å². The largest absolute Gasteiger partial charge is 0.384 e. The Morgan fingerprint density at radius 3 is 3.11 bits per heavy atom. The molecule has 2 N–H and O–H groups in total. The van der Waals surface area contributed by atoms with Crippen molar-refractivity contribution in [2.45, 2.75) is 25.8 Å². The highest BCUT2D eigenvalue weighted by Gasteiger charge is 2.22. The summed E-state index contributed by atoms with van der Waals surface area (Å²) in [4.78, 5) is 18.6. The minimum absolute atomic E-state index is 0.0352. The molecule has 1 aliphatic rings. The smallest absolute Gasteiger partial charge is 0.255 e. The number of nitrogens with zero attached hydrogens (tertiary/aromatic N) is 2. The van der Waals surface area contributed by atoms with Crippen LogP contribution in [-0.2, 0) is 0 Å². The molecule has 0 bridgehead atoms. The molecule has 1 unspecified atom stereocenters. The van der Waals surface area contributed by atoms with Gasteiger partial charge in [-0.25, -0.2) is 0 Å². The zero-order valence-electron chi connectivity index (χ0n) is 11.6. The van der Waals surface area contributed by atoms with E-state index in [1.807, 2.05) is 6.07 Å². The predicted octanol–water partition coefficient (Wildman–Crippen LogP) is 1.34. The lowest BCUT2D eigenvalue weighted by atomic mass is 10.2. The van der Waals surface area contributed by atoms with E-state index < -0.39 is 0 Å². The first-order valence-corrected chi connectivity index (χ1v) is 6.88. The number of aromatic nitrogens is 1. The fraction of sp³-hybridized carbons (Fsp3) is 0.571. The molecule has 1 aromatic heterocycles. The Kier molecular flexibility index (Phi) is 4.74. The molecule has 2 heterocycles. The van der Waals surface area contributed by atoms with Crippen LogP contribution >= 0.6 is 0 Å². The lowest BCUT2D eigenvalue weighted by Crippen LogP contribution is -2.36. The van der Waals surface area contributed by atoms with Crippen molar-refractivity contribution >= 4 is 11.6 Å². The van der Waals surface area contributed by atoms with Crippen LogP contribution in [0.25, 0.3) is 0 Å². The molecule has 1 fully saturated rings. The zero-order valence-corrected chi connectivity index (χ0v) is 11.6. The lowest BCUT2D eigenvalue weighted by molar-refractivity contribution is 0.0939. The van der Waals surface area contributed by atoms with Crippen molar-refractivity contribution in [3.8, 4) is 0 Å². The number of hydrogen-bond acceptors (Lipinski definition) is 4. The summed E-state index contributed by atoms with van der Waals surface area (Å²) in [5.41, 5.74) is 1.49. The van der Waals surface area contributed by atoms with Gasteiger partial charge in [0.1, 0.15) is 0 Å². The minimum atomic E-state index is -0.0352. The van der Waals surface area contributed by atoms with E-state index in [4.69, 9.17) is 0 Å². The second kappa shape index (κ2) is 6.52. The molecule has 104 valence electrons. The van der Waals surface area contributed by atoms with Gasteiger partial charge >= 0.3 is 0 Å². The van der Waals surface area contributed by atoms with Gasteiger partial charge in [0, 0.05) is 31.5 Å². The van der Waals surface area contributed by atoms with Gasteiger partial charge in [0.15, 0.2) is 0 Å². The maximum absolute atomic E-state index is 12.3. The molecule has 1 atom stereocenters. The van der Waals surface area contributed by atoms with E-state index in [9.17, 15) is 4.79 Å². The Morgan fingerprint density at radius 1 is 1.58 bits per heavy atom. The normalized spacial score (nSPS) is 19.4. The highest BCUT2D eigenvalue weighted by molar-refractivity contribution is 5.99. The average molecular weight is 262 g/mol. The van der Waals surface area contributed by atoms with Crippen LogP contribution in [0.15, 0.2) is 18.5 Å². The second-order valence-corrected chi connectivity index (χ2v) is 5.07. The van der Waals surface area contributed by atoms with Crippen molar-refractivity contribution in [1.29, 1.82) is 0 Å². The molecule has 0 aliphatic carbocycles. The minimum Gasteiger partial charge on any atom is -0.384 e. The van der Waals surface area contributed by atoms with E-state index in [0.717, 1.165) is 38.2 Å². The third-order valence-electron chi connectivity index (χ3n) is 3.36. The fourth-order valence-electron chi connectivity index (χ4n) is 2.31. The summed E-state index contributed by atoms with van der Waals surface area (Å²) in [7, 11) is 2.07. The van der Waals surface area contributed by atoms with Crippen LogP contribution in [0.3, 0.4) is 0 Å². The van der Waals surface area contributed by atoms with Gasteiger partial charge in [-0.1, -0.05) is 6.92 Å². The Balaban J connectivity index is 2.01. The molecule has 1 saturated heterocycles. The predicted molar refractivity (Wildman–Crippen MR) is 76.4 cm³/mol. The Labute approximate surface area is 114 Å². The number of carbonyl (C=O) groups excluding carboxylic acids is 1. The van der Waals surface area contributed by atoms with Gasteiger partial charge in [-0.05, 0) is 32.5 Å². The zero-order chi connectivity index (χ0) is 13.7. The maximum Gasteiger partial charge on any atom is 0.255 e. The summed E-state index contributed by atoms with van der Waals surface area (Å²) in [5.74, 6) is -0.0352. The molecule has 1 amide bonds. The number of rotatable bonds is 5. The number of hydrogen-bond donors (Lipinski definition) is 2. The number of nitrogens with one attached hydrogen (secondary N) is 2. The molecule has 5 heteroatoms. The molecule has 0 radical (unpaired) electrons. The van der Waals surface area contributed by atoms with Gasteiger partial charge in [-0.15, -0.1) is 0 Å². The number of likely N-dealkylation sites (tertiary alicyclic amines) is 1.